The van der Waals surface area contributed by atoms with E-state index in [0.717, 1.165) is 22.7 Å². The van der Waals surface area contributed by atoms with E-state index in [1.165, 1.54) is 0 Å². The van der Waals surface area contributed by atoms with E-state index in [2.05, 4.69) is 29.9 Å². The van der Waals surface area contributed by atoms with Crippen LogP contribution in [0.4, 0.5) is 5.69 Å². The predicted octanol–water partition coefficient (Wildman–Crippen LogP) is 3.91. The van der Waals surface area contributed by atoms with Crippen molar-refractivity contribution in [3.8, 4) is 5.75 Å². The van der Waals surface area contributed by atoms with Gasteiger partial charge in [-0.25, -0.2) is 0 Å². The molecule has 0 spiro atoms. The fourth-order valence-electron chi connectivity index (χ4n) is 2.08. The second-order valence-corrected chi connectivity index (χ2v) is 12.0. The molecule has 1 aromatic carbocycles. The Bertz CT molecular complexity index is 650. The summed E-state index contributed by atoms with van der Waals surface area (Å²) in [5.74, 6) is 0.758. The number of carbonyl (C=O) groups is 1. The van der Waals surface area contributed by atoms with Crippen molar-refractivity contribution >= 4 is 30.6 Å². The lowest BCUT2D eigenvalue weighted by atomic mass is 10.1. The molecule has 0 fully saturated rings. The number of pyridine rings is 1. The molecule has 4 nitrogen and oxygen atoms in total. The number of benzene rings is 1. The van der Waals surface area contributed by atoms with Crippen LogP contribution in [-0.4, -0.2) is 26.1 Å². The molecule has 0 aliphatic heterocycles. The number of nitrogens with zero attached hydrogens (tertiary/aromatic N) is 1. The van der Waals surface area contributed by atoms with Crippen LogP contribution in [0.2, 0.25) is 25.7 Å². The molecule has 0 bridgehead atoms. The summed E-state index contributed by atoms with van der Waals surface area (Å²) in [5.41, 5.74) is 1.50. The highest BCUT2D eigenvalue weighted by atomic mass is 28.3. The molecule has 1 heterocycles. The Morgan fingerprint density at radius 2 is 2.10 bits per heavy atom. The van der Waals surface area contributed by atoms with Crippen LogP contribution in [0.5, 0.6) is 5.75 Å². The lowest BCUT2D eigenvalue weighted by Crippen LogP contribution is -2.23. The average molecular weight is 302 g/mol. The summed E-state index contributed by atoms with van der Waals surface area (Å²) in [6, 6.07) is 8.55. The van der Waals surface area contributed by atoms with Crippen LogP contribution in [0.1, 0.15) is 6.42 Å². The maximum Gasteiger partial charge on any atom is 0.224 e. The average Bonchev–Trinajstić information content (AvgIpc) is 2.44. The number of aromatic nitrogens is 1. The van der Waals surface area contributed by atoms with Crippen LogP contribution in [0.25, 0.3) is 10.9 Å². The van der Waals surface area contributed by atoms with E-state index in [4.69, 9.17) is 4.74 Å². The number of hydrogen-bond donors (Lipinski definition) is 1. The number of nitrogens with one attached hydrogen (secondary N) is 1. The molecule has 1 aromatic heterocycles. The summed E-state index contributed by atoms with van der Waals surface area (Å²) in [6.45, 7) is 6.80. The molecule has 2 rings (SSSR count). The Labute approximate surface area is 126 Å². The number of amides is 1. The molecular weight excluding hydrogens is 280 g/mol. The lowest BCUT2D eigenvalue weighted by molar-refractivity contribution is -0.115. The lowest BCUT2D eigenvalue weighted by Gasteiger charge is -2.15. The van der Waals surface area contributed by atoms with E-state index in [9.17, 15) is 4.79 Å². The standard InChI is InChI=1S/C16H22N2O2Si/c1-20-13-10-12-6-5-8-17-16(12)14(11-13)18-15(19)7-9-21(2,3)4/h5-6,8,10-11H,7,9H2,1-4H3,(H,18,19). The minimum atomic E-state index is -1.21. The summed E-state index contributed by atoms with van der Waals surface area (Å²) in [5, 5.41) is 3.93. The highest BCUT2D eigenvalue weighted by Crippen LogP contribution is 2.28. The first kappa shape index (κ1) is 15.5. The highest BCUT2D eigenvalue weighted by molar-refractivity contribution is 6.76. The van der Waals surface area contributed by atoms with Crippen molar-refractivity contribution in [3.63, 3.8) is 0 Å². The molecule has 0 radical (unpaired) electrons. The molecule has 21 heavy (non-hydrogen) atoms. The molecule has 1 N–H and O–H groups in total. The first-order chi connectivity index (χ1) is 9.89. The Balaban J connectivity index is 2.23. The number of carbonyl (C=O) groups excluding carboxylic acids is 1. The van der Waals surface area contributed by atoms with Crippen molar-refractivity contribution in [2.24, 2.45) is 0 Å². The van der Waals surface area contributed by atoms with Crippen LogP contribution in [0.3, 0.4) is 0 Å². The van der Waals surface area contributed by atoms with Crippen LogP contribution < -0.4 is 10.1 Å². The van der Waals surface area contributed by atoms with Gasteiger partial charge in [0.2, 0.25) is 5.91 Å². The molecule has 0 saturated heterocycles. The summed E-state index contributed by atoms with van der Waals surface area (Å²) in [7, 11) is 0.410. The van der Waals surface area contributed by atoms with E-state index >= 15 is 0 Å². The van der Waals surface area contributed by atoms with Crippen LogP contribution in [-0.2, 0) is 4.79 Å². The molecular formula is C16H22N2O2Si. The molecule has 0 aliphatic rings. The first-order valence-electron chi connectivity index (χ1n) is 7.12. The second kappa shape index (κ2) is 6.26. The Hall–Kier alpha value is -1.88. The number of hydrogen-bond acceptors (Lipinski definition) is 3. The summed E-state index contributed by atoms with van der Waals surface area (Å²) < 4.78 is 5.29. The molecule has 0 saturated carbocycles. The SMILES string of the molecule is COc1cc(NC(=O)CC[Si](C)(C)C)c2ncccc2c1. The minimum absolute atomic E-state index is 0.0395. The maximum absolute atomic E-state index is 12.1. The van der Waals surface area contributed by atoms with Gasteiger partial charge in [0.1, 0.15) is 5.75 Å². The Morgan fingerprint density at radius 3 is 2.76 bits per heavy atom. The van der Waals surface area contributed by atoms with Crippen molar-refractivity contribution in [2.75, 3.05) is 12.4 Å². The minimum Gasteiger partial charge on any atom is -0.497 e. The van der Waals surface area contributed by atoms with Gasteiger partial charge in [0, 0.05) is 32.1 Å². The molecule has 1 amide bonds. The quantitative estimate of drug-likeness (QED) is 0.852. The predicted molar refractivity (Wildman–Crippen MR) is 89.7 cm³/mol. The highest BCUT2D eigenvalue weighted by Gasteiger charge is 2.16. The zero-order chi connectivity index (χ0) is 15.5. The molecule has 0 unspecified atom stereocenters. The van der Waals surface area contributed by atoms with Gasteiger partial charge >= 0.3 is 0 Å². The van der Waals surface area contributed by atoms with Crippen molar-refractivity contribution < 1.29 is 9.53 Å². The molecule has 0 atom stereocenters. The number of fused-ring (bicyclic) bond motifs is 1. The van der Waals surface area contributed by atoms with Crippen molar-refractivity contribution in [2.45, 2.75) is 32.1 Å². The van der Waals surface area contributed by atoms with Gasteiger partial charge < -0.3 is 10.1 Å². The molecule has 112 valence electrons. The van der Waals surface area contributed by atoms with E-state index in [1.54, 1.807) is 13.3 Å². The van der Waals surface area contributed by atoms with Gasteiger partial charge in [0.15, 0.2) is 0 Å². The van der Waals surface area contributed by atoms with Gasteiger partial charge in [-0.2, -0.15) is 0 Å². The third-order valence-corrected chi connectivity index (χ3v) is 5.04. The topological polar surface area (TPSA) is 51.2 Å². The van der Waals surface area contributed by atoms with Crippen LogP contribution >= 0.6 is 0 Å². The maximum atomic E-state index is 12.1. The van der Waals surface area contributed by atoms with Gasteiger partial charge in [-0.15, -0.1) is 0 Å². The van der Waals surface area contributed by atoms with E-state index in [1.807, 2.05) is 24.3 Å². The Morgan fingerprint density at radius 1 is 1.33 bits per heavy atom. The second-order valence-electron chi connectivity index (χ2n) is 6.36. The molecule has 5 heteroatoms. The van der Waals surface area contributed by atoms with Gasteiger partial charge in [0.05, 0.1) is 18.3 Å². The van der Waals surface area contributed by atoms with E-state index < -0.39 is 8.07 Å². The van der Waals surface area contributed by atoms with Crippen LogP contribution in [0, 0.1) is 0 Å². The van der Waals surface area contributed by atoms with Gasteiger partial charge in [-0.1, -0.05) is 25.7 Å². The number of anilines is 1. The zero-order valence-corrected chi connectivity index (χ0v) is 14.1. The first-order valence-corrected chi connectivity index (χ1v) is 10.8. The number of rotatable bonds is 5. The summed E-state index contributed by atoms with van der Waals surface area (Å²) in [6.07, 6.45) is 2.29. The zero-order valence-electron chi connectivity index (χ0n) is 13.1. The van der Waals surface area contributed by atoms with Crippen molar-refractivity contribution in [3.05, 3.63) is 30.5 Å². The van der Waals surface area contributed by atoms with E-state index in [0.29, 0.717) is 12.1 Å². The van der Waals surface area contributed by atoms with Gasteiger partial charge in [-0.3, -0.25) is 9.78 Å². The van der Waals surface area contributed by atoms with Gasteiger partial charge in [0.25, 0.3) is 0 Å². The smallest absolute Gasteiger partial charge is 0.224 e. The monoisotopic (exact) mass is 302 g/mol. The normalized spacial score (nSPS) is 11.4. The Kier molecular flexibility index (Phi) is 4.62. The van der Waals surface area contributed by atoms with Crippen molar-refractivity contribution in [1.82, 2.24) is 4.98 Å². The fraction of sp³-hybridized carbons (Fsp3) is 0.375. The fourth-order valence-corrected chi connectivity index (χ4v) is 3.06. The largest absolute Gasteiger partial charge is 0.497 e. The number of methoxy groups -OCH3 is 1. The summed E-state index contributed by atoms with van der Waals surface area (Å²) in [4.78, 5) is 16.5. The summed E-state index contributed by atoms with van der Waals surface area (Å²) >= 11 is 0. The third kappa shape index (κ3) is 4.29. The molecule has 0 aliphatic carbocycles. The molecule has 2 aromatic rings. The van der Waals surface area contributed by atoms with Crippen LogP contribution in [0.15, 0.2) is 30.5 Å². The van der Waals surface area contributed by atoms with E-state index in [-0.39, 0.29) is 5.91 Å². The third-order valence-electron chi connectivity index (χ3n) is 3.29. The van der Waals surface area contributed by atoms with Crippen molar-refractivity contribution in [1.29, 1.82) is 0 Å². The number of ether oxygens (including phenoxy) is 1. The van der Waals surface area contributed by atoms with Gasteiger partial charge in [-0.05, 0) is 18.2 Å².